The normalized spacial score (nSPS) is 10.7. The van der Waals surface area contributed by atoms with Crippen LogP contribution in [0, 0.1) is 18.3 Å². The van der Waals surface area contributed by atoms with Crippen LogP contribution in [0.2, 0.25) is 0 Å². The van der Waals surface area contributed by atoms with E-state index in [1.54, 1.807) is 4.68 Å². The highest BCUT2D eigenvalue weighted by Gasteiger charge is 2.17. The van der Waals surface area contributed by atoms with Crippen molar-refractivity contribution in [2.24, 2.45) is 0 Å². The van der Waals surface area contributed by atoms with Crippen LogP contribution in [0.15, 0.2) is 24.3 Å². The number of nitrogen functional groups attached to an aromatic ring is 1. The van der Waals surface area contributed by atoms with E-state index < -0.39 is 0 Å². The lowest BCUT2D eigenvalue weighted by molar-refractivity contribution is 0.664. The molecule has 0 aliphatic heterocycles. The first kappa shape index (κ1) is 13.2. The van der Waals surface area contributed by atoms with Gasteiger partial charge in [-0.05, 0) is 18.4 Å². The topological polar surface area (TPSA) is 67.6 Å². The lowest BCUT2D eigenvalue weighted by atomic mass is 10.1. The number of nitriles is 1. The molecule has 2 aromatic rings. The van der Waals surface area contributed by atoms with E-state index in [2.05, 4.69) is 30.2 Å². The van der Waals surface area contributed by atoms with Crippen molar-refractivity contribution in [3.8, 4) is 6.07 Å². The number of anilines is 1. The lowest BCUT2D eigenvalue weighted by Gasteiger charge is -2.05. The molecule has 1 heterocycles. The zero-order chi connectivity index (χ0) is 14.0. The van der Waals surface area contributed by atoms with Gasteiger partial charge in [0.1, 0.15) is 17.5 Å². The molecule has 0 saturated heterocycles. The molecule has 0 fully saturated rings. The molecule has 0 unspecified atom stereocenters. The molecule has 0 amide bonds. The fourth-order valence-electron chi connectivity index (χ4n) is 2.12. The van der Waals surface area contributed by atoms with E-state index in [1.165, 1.54) is 5.56 Å². The molecule has 98 valence electrons. The second kappa shape index (κ2) is 5.15. The Balaban J connectivity index is 2.39. The summed E-state index contributed by atoms with van der Waals surface area (Å²) in [6.07, 6.45) is 0. The lowest BCUT2D eigenvalue weighted by Crippen LogP contribution is -2.06. The van der Waals surface area contributed by atoms with Crippen molar-refractivity contribution in [1.29, 1.82) is 5.26 Å². The standard InChI is InChI=1S/C15H18N4/c1-10(2)14-13(8-16)15(17)19(18-14)9-12-6-4-5-11(3)7-12/h4-7,10H,9,17H2,1-3H3. The molecule has 2 N–H and O–H groups in total. The number of hydrogen-bond donors (Lipinski definition) is 1. The number of rotatable bonds is 3. The maximum absolute atomic E-state index is 9.19. The average molecular weight is 254 g/mol. The van der Waals surface area contributed by atoms with Crippen LogP contribution < -0.4 is 5.73 Å². The van der Waals surface area contributed by atoms with Gasteiger partial charge < -0.3 is 5.73 Å². The molecule has 0 bridgehead atoms. The summed E-state index contributed by atoms with van der Waals surface area (Å²) in [6.45, 7) is 6.67. The molecule has 0 aliphatic carbocycles. The Morgan fingerprint density at radius 2 is 2.16 bits per heavy atom. The van der Waals surface area contributed by atoms with Crippen LogP contribution >= 0.6 is 0 Å². The van der Waals surface area contributed by atoms with Gasteiger partial charge in [-0.1, -0.05) is 43.7 Å². The second-order valence-electron chi connectivity index (χ2n) is 5.06. The molecule has 0 aliphatic rings. The Kier molecular flexibility index (Phi) is 3.57. The largest absolute Gasteiger partial charge is 0.383 e. The third kappa shape index (κ3) is 2.60. The quantitative estimate of drug-likeness (QED) is 0.915. The Hall–Kier alpha value is -2.28. The Morgan fingerprint density at radius 3 is 2.68 bits per heavy atom. The van der Waals surface area contributed by atoms with Gasteiger partial charge in [0.15, 0.2) is 0 Å². The monoisotopic (exact) mass is 254 g/mol. The average Bonchev–Trinajstić information content (AvgIpc) is 2.66. The van der Waals surface area contributed by atoms with Crippen LogP contribution in [0.5, 0.6) is 0 Å². The summed E-state index contributed by atoms with van der Waals surface area (Å²) < 4.78 is 1.71. The molecular formula is C15H18N4. The van der Waals surface area contributed by atoms with Crippen molar-refractivity contribution < 1.29 is 0 Å². The van der Waals surface area contributed by atoms with Gasteiger partial charge in [0, 0.05) is 0 Å². The number of hydrogen-bond acceptors (Lipinski definition) is 3. The van der Waals surface area contributed by atoms with Crippen LogP contribution in [0.4, 0.5) is 5.82 Å². The van der Waals surface area contributed by atoms with Crippen LogP contribution in [0.1, 0.15) is 42.1 Å². The van der Waals surface area contributed by atoms with Gasteiger partial charge in [-0.25, -0.2) is 4.68 Å². The number of aromatic nitrogens is 2. The summed E-state index contributed by atoms with van der Waals surface area (Å²) in [5, 5.41) is 13.7. The van der Waals surface area contributed by atoms with E-state index in [1.807, 2.05) is 26.0 Å². The van der Waals surface area contributed by atoms with E-state index in [-0.39, 0.29) is 5.92 Å². The predicted molar refractivity (Wildman–Crippen MR) is 75.7 cm³/mol. The molecule has 0 saturated carbocycles. The number of benzene rings is 1. The van der Waals surface area contributed by atoms with Crippen molar-refractivity contribution in [2.45, 2.75) is 33.2 Å². The van der Waals surface area contributed by atoms with E-state index in [0.29, 0.717) is 17.9 Å². The molecule has 4 heteroatoms. The number of nitrogens with zero attached hydrogens (tertiary/aromatic N) is 3. The SMILES string of the molecule is Cc1cccc(Cn2nc(C(C)C)c(C#N)c2N)c1. The summed E-state index contributed by atoms with van der Waals surface area (Å²) in [4.78, 5) is 0. The third-order valence-corrected chi connectivity index (χ3v) is 3.09. The van der Waals surface area contributed by atoms with Crippen molar-refractivity contribution in [3.63, 3.8) is 0 Å². The molecule has 0 spiro atoms. The summed E-state index contributed by atoms with van der Waals surface area (Å²) in [7, 11) is 0. The van der Waals surface area contributed by atoms with Crippen LogP contribution in [0.25, 0.3) is 0 Å². The number of aryl methyl sites for hydroxylation is 1. The minimum atomic E-state index is 0.190. The van der Waals surface area contributed by atoms with Crippen LogP contribution in [0.3, 0.4) is 0 Å². The maximum Gasteiger partial charge on any atom is 0.140 e. The van der Waals surface area contributed by atoms with Gasteiger partial charge in [0.05, 0.1) is 12.2 Å². The minimum Gasteiger partial charge on any atom is -0.383 e. The van der Waals surface area contributed by atoms with Crippen molar-refractivity contribution in [1.82, 2.24) is 9.78 Å². The highest BCUT2D eigenvalue weighted by molar-refractivity contribution is 5.53. The summed E-state index contributed by atoms with van der Waals surface area (Å²) in [6, 6.07) is 10.4. The fourth-order valence-corrected chi connectivity index (χ4v) is 2.12. The van der Waals surface area contributed by atoms with E-state index in [4.69, 9.17) is 5.73 Å². The van der Waals surface area contributed by atoms with Gasteiger partial charge in [-0.15, -0.1) is 0 Å². The molecule has 0 atom stereocenters. The van der Waals surface area contributed by atoms with E-state index in [9.17, 15) is 5.26 Å². The van der Waals surface area contributed by atoms with Crippen molar-refractivity contribution in [2.75, 3.05) is 5.73 Å². The first-order valence-corrected chi connectivity index (χ1v) is 6.34. The summed E-state index contributed by atoms with van der Waals surface area (Å²) in [5.41, 5.74) is 9.62. The Labute approximate surface area is 113 Å². The molecule has 1 aromatic heterocycles. The third-order valence-electron chi connectivity index (χ3n) is 3.09. The van der Waals surface area contributed by atoms with E-state index in [0.717, 1.165) is 11.3 Å². The first-order chi connectivity index (χ1) is 9.02. The Morgan fingerprint density at radius 1 is 1.42 bits per heavy atom. The zero-order valence-corrected chi connectivity index (χ0v) is 11.5. The maximum atomic E-state index is 9.19. The fraction of sp³-hybridized carbons (Fsp3) is 0.333. The highest BCUT2D eigenvalue weighted by atomic mass is 15.3. The van der Waals surface area contributed by atoms with Gasteiger partial charge in [-0.2, -0.15) is 10.4 Å². The predicted octanol–water partition coefficient (Wildman–Crippen LogP) is 2.82. The highest BCUT2D eigenvalue weighted by Crippen LogP contribution is 2.23. The first-order valence-electron chi connectivity index (χ1n) is 6.34. The van der Waals surface area contributed by atoms with Crippen molar-refractivity contribution >= 4 is 5.82 Å². The van der Waals surface area contributed by atoms with Gasteiger partial charge in [0.2, 0.25) is 0 Å². The van der Waals surface area contributed by atoms with E-state index >= 15 is 0 Å². The molecular weight excluding hydrogens is 236 g/mol. The number of nitrogens with two attached hydrogens (primary N) is 1. The Bertz CT molecular complexity index is 632. The summed E-state index contributed by atoms with van der Waals surface area (Å²) >= 11 is 0. The molecule has 2 rings (SSSR count). The second-order valence-corrected chi connectivity index (χ2v) is 5.06. The smallest absolute Gasteiger partial charge is 0.140 e. The molecule has 1 aromatic carbocycles. The van der Waals surface area contributed by atoms with Crippen molar-refractivity contribution in [3.05, 3.63) is 46.6 Å². The minimum absolute atomic E-state index is 0.190. The van der Waals surface area contributed by atoms with Gasteiger partial charge >= 0.3 is 0 Å². The van der Waals surface area contributed by atoms with Crippen LogP contribution in [-0.4, -0.2) is 9.78 Å². The van der Waals surface area contributed by atoms with Gasteiger partial charge in [-0.3, -0.25) is 0 Å². The van der Waals surface area contributed by atoms with Crippen LogP contribution in [-0.2, 0) is 6.54 Å². The molecule has 4 nitrogen and oxygen atoms in total. The summed E-state index contributed by atoms with van der Waals surface area (Å²) in [5.74, 6) is 0.642. The van der Waals surface area contributed by atoms with Gasteiger partial charge in [0.25, 0.3) is 0 Å². The molecule has 0 radical (unpaired) electrons. The molecule has 19 heavy (non-hydrogen) atoms. The zero-order valence-electron chi connectivity index (χ0n) is 11.5.